The molecule has 1 atom stereocenters. The number of hydrogen-bond donors (Lipinski definition) is 0. The van der Waals surface area contributed by atoms with Gasteiger partial charge in [0.05, 0.1) is 25.7 Å². The Labute approximate surface area is 183 Å². The van der Waals surface area contributed by atoms with Crippen molar-refractivity contribution in [2.24, 2.45) is 0 Å². The molecule has 0 bridgehead atoms. The number of hydrogen-bond acceptors (Lipinski definition) is 6. The summed E-state index contributed by atoms with van der Waals surface area (Å²) in [6, 6.07) is 10.8. The average Bonchev–Trinajstić information content (AvgIpc) is 3.10. The van der Waals surface area contributed by atoms with Gasteiger partial charge in [-0.2, -0.15) is 0 Å². The molecule has 8 heteroatoms. The maximum Gasteiger partial charge on any atom is 0.261 e. The molecule has 1 aliphatic heterocycles. The topological polar surface area (TPSA) is 82.1 Å². The first-order valence-corrected chi connectivity index (χ1v) is 12.0. The van der Waals surface area contributed by atoms with E-state index in [9.17, 15) is 13.2 Å². The van der Waals surface area contributed by atoms with E-state index in [4.69, 9.17) is 14.2 Å². The van der Waals surface area contributed by atoms with Gasteiger partial charge in [-0.15, -0.1) is 0 Å². The summed E-state index contributed by atoms with van der Waals surface area (Å²) in [5.41, 5.74) is 2.72. The summed E-state index contributed by atoms with van der Waals surface area (Å²) in [4.78, 5) is 14.8. The van der Waals surface area contributed by atoms with Crippen molar-refractivity contribution in [3.8, 4) is 17.2 Å². The summed E-state index contributed by atoms with van der Waals surface area (Å²) in [6.45, 7) is 3.96. The zero-order chi connectivity index (χ0) is 22.6. The van der Waals surface area contributed by atoms with Crippen LogP contribution in [-0.4, -0.2) is 57.6 Å². The molecular formula is C23H29NO6S. The fraction of sp³-hybridized carbons (Fsp3) is 0.435. The number of para-hydroxylation sites is 1. The first kappa shape index (κ1) is 22.9. The summed E-state index contributed by atoms with van der Waals surface area (Å²) in [5, 5.41) is 0. The molecule has 1 unspecified atom stereocenters. The molecule has 0 aliphatic carbocycles. The van der Waals surface area contributed by atoms with E-state index in [1.165, 1.54) is 0 Å². The lowest BCUT2D eigenvalue weighted by Gasteiger charge is -2.29. The fourth-order valence-electron chi connectivity index (χ4n) is 3.86. The van der Waals surface area contributed by atoms with Gasteiger partial charge in [0.15, 0.2) is 27.9 Å². The molecule has 7 nitrogen and oxygen atoms in total. The monoisotopic (exact) mass is 447 g/mol. The molecule has 2 aromatic carbocycles. The second kappa shape index (κ2) is 9.60. The molecule has 0 radical (unpaired) electrons. The molecule has 0 spiro atoms. The van der Waals surface area contributed by atoms with Crippen molar-refractivity contribution in [2.75, 3.05) is 32.3 Å². The van der Waals surface area contributed by atoms with Crippen molar-refractivity contribution in [1.82, 2.24) is 4.90 Å². The summed E-state index contributed by atoms with van der Waals surface area (Å²) in [6.07, 6.45) is 0.421. The van der Waals surface area contributed by atoms with Crippen LogP contribution in [0.4, 0.5) is 0 Å². The van der Waals surface area contributed by atoms with Crippen LogP contribution in [0.1, 0.15) is 23.1 Å². The Morgan fingerprint density at radius 1 is 1.06 bits per heavy atom. The smallest absolute Gasteiger partial charge is 0.261 e. The van der Waals surface area contributed by atoms with Gasteiger partial charge in [0.25, 0.3) is 5.91 Å². The average molecular weight is 448 g/mol. The molecule has 1 amide bonds. The third-order valence-electron chi connectivity index (χ3n) is 5.52. The Morgan fingerprint density at radius 2 is 1.74 bits per heavy atom. The molecule has 1 aliphatic rings. The van der Waals surface area contributed by atoms with Crippen molar-refractivity contribution in [3.63, 3.8) is 0 Å². The largest absolute Gasteiger partial charge is 0.493 e. The number of methoxy groups -OCH3 is 2. The molecule has 0 aromatic heterocycles. The number of carbonyl (C=O) groups excluding carboxylic acids is 1. The lowest BCUT2D eigenvalue weighted by atomic mass is 10.1. The first-order valence-electron chi connectivity index (χ1n) is 10.1. The van der Waals surface area contributed by atoms with Crippen LogP contribution >= 0.6 is 0 Å². The fourth-order valence-corrected chi connectivity index (χ4v) is 5.59. The lowest BCUT2D eigenvalue weighted by Crippen LogP contribution is -2.43. The van der Waals surface area contributed by atoms with Crippen molar-refractivity contribution in [3.05, 3.63) is 53.1 Å². The van der Waals surface area contributed by atoms with Crippen LogP contribution in [0, 0.1) is 13.8 Å². The van der Waals surface area contributed by atoms with Gasteiger partial charge in [-0.25, -0.2) is 8.42 Å². The molecule has 168 valence electrons. The quantitative estimate of drug-likeness (QED) is 0.619. The molecule has 1 saturated heterocycles. The standard InChI is InChI=1S/C23H29NO6S/c1-16-6-5-7-17(2)23(16)30-14-22(25)24(19-10-11-31(26,27)15-19)13-18-8-9-20(28-3)21(12-18)29-4/h5-9,12,19H,10-11,13-15H2,1-4H3. The molecule has 3 rings (SSSR count). The van der Waals surface area contributed by atoms with Crippen molar-refractivity contribution in [1.29, 1.82) is 0 Å². The van der Waals surface area contributed by atoms with Gasteiger partial charge in [-0.05, 0) is 49.1 Å². The second-order valence-electron chi connectivity index (χ2n) is 7.78. The number of rotatable bonds is 8. The Balaban J connectivity index is 1.82. The van der Waals surface area contributed by atoms with Crippen LogP contribution in [0.3, 0.4) is 0 Å². The van der Waals surface area contributed by atoms with Gasteiger partial charge in [-0.1, -0.05) is 24.3 Å². The summed E-state index contributed by atoms with van der Waals surface area (Å²) < 4.78 is 40.6. The Hall–Kier alpha value is -2.74. The van der Waals surface area contributed by atoms with Gasteiger partial charge >= 0.3 is 0 Å². The molecule has 31 heavy (non-hydrogen) atoms. The van der Waals surface area contributed by atoms with Gasteiger partial charge in [0.2, 0.25) is 0 Å². The highest BCUT2D eigenvalue weighted by atomic mass is 32.2. The van der Waals surface area contributed by atoms with Crippen LogP contribution in [0.25, 0.3) is 0 Å². The number of sulfone groups is 1. The van der Waals surface area contributed by atoms with Crippen molar-refractivity contribution >= 4 is 15.7 Å². The Bertz CT molecular complexity index is 1030. The van der Waals surface area contributed by atoms with Gasteiger partial charge < -0.3 is 19.1 Å². The van der Waals surface area contributed by atoms with Crippen LogP contribution in [0.5, 0.6) is 17.2 Å². The van der Waals surface area contributed by atoms with Crippen molar-refractivity contribution in [2.45, 2.75) is 32.9 Å². The molecule has 0 N–H and O–H groups in total. The molecule has 0 saturated carbocycles. The number of benzene rings is 2. The second-order valence-corrected chi connectivity index (χ2v) is 10.0. The van der Waals surface area contributed by atoms with Crippen LogP contribution < -0.4 is 14.2 Å². The van der Waals surface area contributed by atoms with Gasteiger partial charge in [0, 0.05) is 12.6 Å². The van der Waals surface area contributed by atoms with Crippen LogP contribution in [-0.2, 0) is 21.2 Å². The number of ether oxygens (including phenoxy) is 3. The summed E-state index contributed by atoms with van der Waals surface area (Å²) in [7, 11) is -0.0445. The van der Waals surface area contributed by atoms with Crippen LogP contribution in [0.2, 0.25) is 0 Å². The van der Waals surface area contributed by atoms with Crippen LogP contribution in [0.15, 0.2) is 36.4 Å². The highest BCUT2D eigenvalue weighted by molar-refractivity contribution is 7.91. The van der Waals surface area contributed by atoms with E-state index >= 15 is 0 Å². The lowest BCUT2D eigenvalue weighted by molar-refractivity contribution is -0.136. The van der Waals surface area contributed by atoms with E-state index in [0.717, 1.165) is 16.7 Å². The van der Waals surface area contributed by atoms with E-state index in [0.29, 0.717) is 23.7 Å². The minimum absolute atomic E-state index is 0.0323. The number of amides is 1. The van der Waals surface area contributed by atoms with Gasteiger partial charge in [0.1, 0.15) is 5.75 Å². The maximum atomic E-state index is 13.2. The third kappa shape index (κ3) is 5.50. The minimum atomic E-state index is -3.15. The minimum Gasteiger partial charge on any atom is -0.493 e. The van der Waals surface area contributed by atoms with E-state index < -0.39 is 9.84 Å². The predicted octanol–water partition coefficient (Wildman–Crippen LogP) is 2.92. The predicted molar refractivity (Wildman–Crippen MR) is 119 cm³/mol. The summed E-state index contributed by atoms with van der Waals surface area (Å²) >= 11 is 0. The SMILES string of the molecule is COc1ccc(CN(C(=O)COc2c(C)cccc2C)C2CCS(=O)(=O)C2)cc1OC. The zero-order valence-electron chi connectivity index (χ0n) is 18.4. The van der Waals surface area contributed by atoms with E-state index in [1.54, 1.807) is 31.3 Å². The number of carbonyl (C=O) groups is 1. The maximum absolute atomic E-state index is 13.2. The Morgan fingerprint density at radius 3 is 2.32 bits per heavy atom. The summed E-state index contributed by atoms with van der Waals surface area (Å²) in [5.74, 6) is 1.63. The van der Waals surface area contributed by atoms with Gasteiger partial charge in [-0.3, -0.25) is 4.79 Å². The molecule has 2 aromatic rings. The van der Waals surface area contributed by atoms with E-state index in [2.05, 4.69) is 0 Å². The third-order valence-corrected chi connectivity index (χ3v) is 7.27. The number of aryl methyl sites for hydroxylation is 2. The highest BCUT2D eigenvalue weighted by Gasteiger charge is 2.35. The van der Waals surface area contributed by atoms with Crippen molar-refractivity contribution < 1.29 is 27.4 Å². The normalized spacial score (nSPS) is 17.2. The van der Waals surface area contributed by atoms with E-state index in [-0.39, 0.29) is 36.6 Å². The van der Waals surface area contributed by atoms with E-state index in [1.807, 2.05) is 38.1 Å². The molecule has 1 heterocycles. The Kier molecular flexibility index (Phi) is 7.10. The number of nitrogens with zero attached hydrogens (tertiary/aromatic N) is 1. The highest BCUT2D eigenvalue weighted by Crippen LogP contribution is 2.29. The molecular weight excluding hydrogens is 418 g/mol. The first-order chi connectivity index (χ1) is 14.7. The molecule has 1 fully saturated rings. The zero-order valence-corrected chi connectivity index (χ0v) is 19.2.